The SMILES string of the molecule is CCCc1nc(N)cc(-c2ccc(CC)cc2)n1. The number of benzene rings is 1. The Morgan fingerprint density at radius 3 is 2.39 bits per heavy atom. The molecule has 0 atom stereocenters. The molecular weight excluding hydrogens is 222 g/mol. The van der Waals surface area contributed by atoms with E-state index < -0.39 is 0 Å². The molecule has 1 aromatic heterocycles. The first kappa shape index (κ1) is 12.6. The highest BCUT2D eigenvalue weighted by atomic mass is 14.9. The Labute approximate surface area is 108 Å². The molecule has 2 aromatic rings. The summed E-state index contributed by atoms with van der Waals surface area (Å²) in [5.41, 5.74) is 9.17. The van der Waals surface area contributed by atoms with E-state index in [-0.39, 0.29) is 0 Å². The Hall–Kier alpha value is -1.90. The van der Waals surface area contributed by atoms with E-state index in [9.17, 15) is 0 Å². The van der Waals surface area contributed by atoms with Gasteiger partial charge in [0.05, 0.1) is 5.69 Å². The molecule has 0 unspecified atom stereocenters. The van der Waals surface area contributed by atoms with Gasteiger partial charge >= 0.3 is 0 Å². The van der Waals surface area contributed by atoms with Gasteiger partial charge in [-0.2, -0.15) is 0 Å². The van der Waals surface area contributed by atoms with Crippen molar-refractivity contribution in [3.63, 3.8) is 0 Å². The van der Waals surface area contributed by atoms with Crippen LogP contribution < -0.4 is 5.73 Å². The molecule has 3 nitrogen and oxygen atoms in total. The zero-order chi connectivity index (χ0) is 13.0. The second-order valence-electron chi connectivity index (χ2n) is 4.39. The maximum Gasteiger partial charge on any atom is 0.131 e. The molecule has 0 amide bonds. The van der Waals surface area contributed by atoms with Crippen LogP contribution >= 0.6 is 0 Å². The fourth-order valence-electron chi connectivity index (χ4n) is 1.91. The zero-order valence-corrected chi connectivity index (χ0v) is 11.0. The van der Waals surface area contributed by atoms with Gasteiger partial charge in [0.25, 0.3) is 0 Å². The van der Waals surface area contributed by atoms with Crippen molar-refractivity contribution in [3.8, 4) is 11.3 Å². The number of anilines is 1. The van der Waals surface area contributed by atoms with Gasteiger partial charge in [-0.1, -0.05) is 38.1 Å². The number of hydrogen-bond donors (Lipinski definition) is 1. The molecule has 3 heteroatoms. The predicted molar refractivity (Wildman–Crippen MR) is 75.3 cm³/mol. The van der Waals surface area contributed by atoms with E-state index in [0.29, 0.717) is 5.82 Å². The molecule has 0 aliphatic rings. The van der Waals surface area contributed by atoms with Crippen LogP contribution in [0.15, 0.2) is 30.3 Å². The van der Waals surface area contributed by atoms with Crippen molar-refractivity contribution >= 4 is 5.82 Å². The summed E-state index contributed by atoms with van der Waals surface area (Å²) in [6.07, 6.45) is 2.94. The Morgan fingerprint density at radius 1 is 1.06 bits per heavy atom. The van der Waals surface area contributed by atoms with Crippen LogP contribution in [0.1, 0.15) is 31.7 Å². The highest BCUT2D eigenvalue weighted by molar-refractivity contribution is 5.62. The molecule has 2 rings (SSSR count). The van der Waals surface area contributed by atoms with Gasteiger partial charge in [0.15, 0.2) is 0 Å². The average Bonchev–Trinajstić information content (AvgIpc) is 2.38. The third-order valence-corrected chi connectivity index (χ3v) is 2.92. The summed E-state index contributed by atoms with van der Waals surface area (Å²) in [5, 5.41) is 0. The van der Waals surface area contributed by atoms with E-state index in [1.807, 2.05) is 6.07 Å². The normalized spacial score (nSPS) is 10.6. The maximum absolute atomic E-state index is 5.83. The van der Waals surface area contributed by atoms with E-state index in [1.54, 1.807) is 0 Å². The molecule has 1 aromatic carbocycles. The molecule has 94 valence electrons. The van der Waals surface area contributed by atoms with Gasteiger partial charge in [0.2, 0.25) is 0 Å². The van der Waals surface area contributed by atoms with E-state index in [1.165, 1.54) is 5.56 Å². The second-order valence-corrected chi connectivity index (χ2v) is 4.39. The molecule has 0 aliphatic carbocycles. The second kappa shape index (κ2) is 5.63. The highest BCUT2D eigenvalue weighted by Crippen LogP contribution is 2.20. The molecule has 0 spiro atoms. The van der Waals surface area contributed by atoms with Crippen molar-refractivity contribution in [2.75, 3.05) is 5.73 Å². The summed E-state index contributed by atoms with van der Waals surface area (Å²) in [6, 6.07) is 10.3. The third-order valence-electron chi connectivity index (χ3n) is 2.92. The van der Waals surface area contributed by atoms with Gasteiger partial charge in [0.1, 0.15) is 11.6 Å². The number of hydrogen-bond acceptors (Lipinski definition) is 3. The Bertz CT molecular complexity index is 518. The lowest BCUT2D eigenvalue weighted by molar-refractivity contribution is 0.839. The maximum atomic E-state index is 5.83. The quantitative estimate of drug-likeness (QED) is 0.894. The third kappa shape index (κ3) is 2.86. The molecule has 1 heterocycles. The van der Waals surface area contributed by atoms with E-state index in [0.717, 1.165) is 36.3 Å². The largest absolute Gasteiger partial charge is 0.384 e. The first-order valence-electron chi connectivity index (χ1n) is 6.45. The number of nitrogen functional groups attached to an aromatic ring is 1. The van der Waals surface area contributed by atoms with Crippen molar-refractivity contribution in [2.45, 2.75) is 33.1 Å². The first-order valence-corrected chi connectivity index (χ1v) is 6.45. The summed E-state index contributed by atoms with van der Waals surface area (Å²) in [4.78, 5) is 8.81. The standard InChI is InChI=1S/C15H19N3/c1-3-5-15-17-13(10-14(16)18-15)12-8-6-11(4-2)7-9-12/h6-10H,3-5H2,1-2H3,(H2,16,17,18). The van der Waals surface area contributed by atoms with Crippen molar-refractivity contribution in [1.29, 1.82) is 0 Å². The minimum Gasteiger partial charge on any atom is -0.384 e. The molecule has 2 N–H and O–H groups in total. The van der Waals surface area contributed by atoms with Crippen LogP contribution in [0.3, 0.4) is 0 Å². The molecule has 18 heavy (non-hydrogen) atoms. The van der Waals surface area contributed by atoms with Gasteiger partial charge in [0, 0.05) is 18.1 Å². The summed E-state index contributed by atoms with van der Waals surface area (Å²) >= 11 is 0. The van der Waals surface area contributed by atoms with Crippen LogP contribution in [-0.4, -0.2) is 9.97 Å². The van der Waals surface area contributed by atoms with Crippen LogP contribution in [0.25, 0.3) is 11.3 Å². The monoisotopic (exact) mass is 241 g/mol. The predicted octanol–water partition coefficient (Wildman–Crippen LogP) is 3.24. The van der Waals surface area contributed by atoms with Crippen LogP contribution in [0.5, 0.6) is 0 Å². The molecule has 0 radical (unpaired) electrons. The summed E-state index contributed by atoms with van der Waals surface area (Å²) < 4.78 is 0. The van der Waals surface area contributed by atoms with Crippen molar-refractivity contribution in [2.24, 2.45) is 0 Å². The molecular formula is C15H19N3. The van der Waals surface area contributed by atoms with Gasteiger partial charge in [-0.05, 0) is 18.4 Å². The minimum absolute atomic E-state index is 0.544. The Balaban J connectivity index is 2.36. The summed E-state index contributed by atoms with van der Waals surface area (Å²) in [7, 11) is 0. The first-order chi connectivity index (χ1) is 8.72. The smallest absolute Gasteiger partial charge is 0.131 e. The number of rotatable bonds is 4. The van der Waals surface area contributed by atoms with Crippen LogP contribution in [0.4, 0.5) is 5.82 Å². The number of nitrogens with two attached hydrogens (primary N) is 1. The Kier molecular flexibility index (Phi) is 3.92. The highest BCUT2D eigenvalue weighted by Gasteiger charge is 2.04. The molecule has 0 aliphatic heterocycles. The lowest BCUT2D eigenvalue weighted by Gasteiger charge is -2.06. The topological polar surface area (TPSA) is 51.8 Å². The molecule has 0 fully saturated rings. The van der Waals surface area contributed by atoms with Crippen LogP contribution in [0.2, 0.25) is 0 Å². The molecule has 0 saturated heterocycles. The Morgan fingerprint density at radius 2 is 1.78 bits per heavy atom. The summed E-state index contributed by atoms with van der Waals surface area (Å²) in [6.45, 7) is 4.26. The lowest BCUT2D eigenvalue weighted by Crippen LogP contribution is -2.01. The number of aromatic nitrogens is 2. The summed E-state index contributed by atoms with van der Waals surface area (Å²) in [5.74, 6) is 1.37. The molecule has 0 saturated carbocycles. The van der Waals surface area contributed by atoms with Crippen LogP contribution in [-0.2, 0) is 12.8 Å². The van der Waals surface area contributed by atoms with Crippen molar-refractivity contribution < 1.29 is 0 Å². The van der Waals surface area contributed by atoms with Gasteiger partial charge < -0.3 is 5.73 Å². The van der Waals surface area contributed by atoms with Gasteiger partial charge in [-0.25, -0.2) is 9.97 Å². The minimum atomic E-state index is 0.544. The van der Waals surface area contributed by atoms with E-state index >= 15 is 0 Å². The lowest BCUT2D eigenvalue weighted by atomic mass is 10.1. The number of nitrogens with zero attached hydrogens (tertiary/aromatic N) is 2. The van der Waals surface area contributed by atoms with Crippen molar-refractivity contribution in [3.05, 3.63) is 41.7 Å². The van der Waals surface area contributed by atoms with E-state index in [4.69, 9.17) is 5.73 Å². The van der Waals surface area contributed by atoms with Crippen LogP contribution in [0, 0.1) is 0 Å². The van der Waals surface area contributed by atoms with Gasteiger partial charge in [-0.15, -0.1) is 0 Å². The zero-order valence-electron chi connectivity index (χ0n) is 11.0. The fraction of sp³-hybridized carbons (Fsp3) is 0.333. The van der Waals surface area contributed by atoms with Gasteiger partial charge in [-0.3, -0.25) is 0 Å². The van der Waals surface area contributed by atoms with Crippen molar-refractivity contribution in [1.82, 2.24) is 9.97 Å². The average molecular weight is 241 g/mol. The molecule has 0 bridgehead atoms. The van der Waals surface area contributed by atoms with E-state index in [2.05, 4.69) is 48.1 Å². The fourth-order valence-corrected chi connectivity index (χ4v) is 1.91. The number of aryl methyl sites for hydroxylation is 2.